The third-order valence-electron chi connectivity index (χ3n) is 2.80. The van der Waals surface area contributed by atoms with Crippen molar-refractivity contribution in [2.45, 2.75) is 52.1 Å². The van der Waals surface area contributed by atoms with Gasteiger partial charge in [-0.25, -0.2) is 0 Å². The molecule has 3 heteroatoms. The Kier molecular flexibility index (Phi) is 2.82. The van der Waals surface area contributed by atoms with Crippen molar-refractivity contribution < 1.29 is 9.47 Å². The summed E-state index contributed by atoms with van der Waals surface area (Å²) < 4.78 is 11.7. The highest BCUT2D eigenvalue weighted by Gasteiger charge is 2.38. The van der Waals surface area contributed by atoms with Gasteiger partial charge in [-0.05, 0) is 18.4 Å². The van der Waals surface area contributed by atoms with Gasteiger partial charge in [0.2, 0.25) is 0 Å². The van der Waals surface area contributed by atoms with Crippen LogP contribution in [0, 0.1) is 5.41 Å². The van der Waals surface area contributed by atoms with Crippen molar-refractivity contribution in [2.24, 2.45) is 5.41 Å². The van der Waals surface area contributed by atoms with Crippen LogP contribution in [0.15, 0.2) is 0 Å². The van der Waals surface area contributed by atoms with E-state index >= 15 is 0 Å². The Morgan fingerprint density at radius 3 is 2.57 bits per heavy atom. The molecule has 0 aromatic carbocycles. The van der Waals surface area contributed by atoms with Gasteiger partial charge in [-0.3, -0.25) is 0 Å². The highest BCUT2D eigenvalue weighted by atomic mass is 16.7. The summed E-state index contributed by atoms with van der Waals surface area (Å²) in [6, 6.07) is 0. The lowest BCUT2D eigenvalue weighted by Gasteiger charge is -2.22. The molecule has 0 aromatic rings. The minimum absolute atomic E-state index is 0.0184. The number of fused-ring (bicyclic) bond motifs is 1. The number of ether oxygens (including phenoxy) is 2. The summed E-state index contributed by atoms with van der Waals surface area (Å²) in [4.78, 5) is 0. The quantitative estimate of drug-likeness (QED) is 0.694. The average Bonchev–Trinajstić information content (AvgIpc) is 2.42. The Morgan fingerprint density at radius 2 is 1.93 bits per heavy atom. The van der Waals surface area contributed by atoms with Gasteiger partial charge in [0.15, 0.2) is 6.29 Å². The van der Waals surface area contributed by atoms with E-state index in [-0.39, 0.29) is 17.8 Å². The lowest BCUT2D eigenvalue weighted by molar-refractivity contribution is -0.0853. The maximum atomic E-state index is 5.88. The molecule has 0 bridgehead atoms. The standard InChI is InChI=1S/C11H21NO2/c1-11(2,3)6-10-13-8-4-5-12-7-9(8)14-10/h8-10,12H,4-7H2,1-3H3. The van der Waals surface area contributed by atoms with Crippen LogP contribution in [0.2, 0.25) is 0 Å². The molecule has 2 aliphatic heterocycles. The van der Waals surface area contributed by atoms with E-state index in [1.54, 1.807) is 0 Å². The number of piperidine rings is 1. The van der Waals surface area contributed by atoms with E-state index in [0.717, 1.165) is 25.9 Å². The van der Waals surface area contributed by atoms with Crippen LogP contribution in [0.3, 0.4) is 0 Å². The molecule has 1 N–H and O–H groups in total. The van der Waals surface area contributed by atoms with E-state index in [4.69, 9.17) is 9.47 Å². The first-order chi connectivity index (χ1) is 6.54. The third-order valence-corrected chi connectivity index (χ3v) is 2.80. The highest BCUT2D eigenvalue weighted by Crippen LogP contribution is 2.31. The van der Waals surface area contributed by atoms with E-state index in [2.05, 4.69) is 26.1 Å². The summed E-state index contributed by atoms with van der Waals surface area (Å²) >= 11 is 0. The summed E-state index contributed by atoms with van der Waals surface area (Å²) in [7, 11) is 0. The number of rotatable bonds is 1. The van der Waals surface area contributed by atoms with E-state index in [1.165, 1.54) is 0 Å². The molecular formula is C11H21NO2. The summed E-state index contributed by atoms with van der Waals surface area (Å²) in [6.45, 7) is 8.68. The van der Waals surface area contributed by atoms with Gasteiger partial charge in [0.05, 0.1) is 12.2 Å². The van der Waals surface area contributed by atoms with Gasteiger partial charge in [-0.1, -0.05) is 20.8 Å². The third kappa shape index (κ3) is 2.47. The molecule has 14 heavy (non-hydrogen) atoms. The lowest BCUT2D eigenvalue weighted by Crippen LogP contribution is -2.41. The molecule has 3 nitrogen and oxygen atoms in total. The molecule has 2 heterocycles. The topological polar surface area (TPSA) is 30.5 Å². The van der Waals surface area contributed by atoms with Gasteiger partial charge in [0.1, 0.15) is 0 Å². The molecule has 3 atom stereocenters. The van der Waals surface area contributed by atoms with Crippen LogP contribution in [-0.4, -0.2) is 31.6 Å². The normalized spacial score (nSPS) is 38.4. The Hall–Kier alpha value is -0.120. The smallest absolute Gasteiger partial charge is 0.159 e. The van der Waals surface area contributed by atoms with Gasteiger partial charge in [-0.15, -0.1) is 0 Å². The van der Waals surface area contributed by atoms with Crippen LogP contribution < -0.4 is 5.32 Å². The molecule has 2 fully saturated rings. The zero-order valence-electron chi connectivity index (χ0n) is 9.38. The Labute approximate surface area is 86.2 Å². The molecule has 2 saturated heterocycles. The van der Waals surface area contributed by atoms with E-state index in [0.29, 0.717) is 6.10 Å². The fourth-order valence-corrected chi connectivity index (χ4v) is 2.12. The van der Waals surface area contributed by atoms with Crippen LogP contribution in [0.25, 0.3) is 0 Å². The molecule has 2 aliphatic rings. The van der Waals surface area contributed by atoms with Crippen LogP contribution in [-0.2, 0) is 9.47 Å². The summed E-state index contributed by atoms with van der Waals surface area (Å²) in [5.74, 6) is 0. The first-order valence-electron chi connectivity index (χ1n) is 5.56. The second kappa shape index (κ2) is 3.80. The lowest BCUT2D eigenvalue weighted by atomic mass is 9.92. The molecule has 82 valence electrons. The van der Waals surface area contributed by atoms with Crippen LogP contribution in [0.1, 0.15) is 33.6 Å². The van der Waals surface area contributed by atoms with E-state index in [1.807, 2.05) is 0 Å². The fraction of sp³-hybridized carbons (Fsp3) is 1.00. The maximum absolute atomic E-state index is 5.88. The van der Waals surface area contributed by atoms with Crippen molar-refractivity contribution in [1.82, 2.24) is 5.32 Å². The Bertz CT molecular complexity index is 186. The van der Waals surface area contributed by atoms with Gasteiger partial charge in [0.25, 0.3) is 0 Å². The highest BCUT2D eigenvalue weighted by molar-refractivity contribution is 4.85. The van der Waals surface area contributed by atoms with Gasteiger partial charge < -0.3 is 14.8 Å². The minimum atomic E-state index is 0.0184. The molecule has 0 saturated carbocycles. The molecule has 0 aliphatic carbocycles. The van der Waals surface area contributed by atoms with Crippen molar-refractivity contribution in [1.29, 1.82) is 0 Å². The maximum Gasteiger partial charge on any atom is 0.159 e. The fourth-order valence-electron chi connectivity index (χ4n) is 2.12. The second-order valence-electron chi connectivity index (χ2n) is 5.54. The van der Waals surface area contributed by atoms with Crippen molar-refractivity contribution in [3.8, 4) is 0 Å². The Balaban J connectivity index is 1.87. The zero-order valence-corrected chi connectivity index (χ0v) is 9.38. The number of hydrogen-bond donors (Lipinski definition) is 1. The van der Waals surface area contributed by atoms with Crippen LogP contribution >= 0.6 is 0 Å². The van der Waals surface area contributed by atoms with Gasteiger partial charge >= 0.3 is 0 Å². The van der Waals surface area contributed by atoms with Gasteiger partial charge in [0, 0.05) is 13.0 Å². The molecular weight excluding hydrogens is 178 g/mol. The van der Waals surface area contributed by atoms with Gasteiger partial charge in [-0.2, -0.15) is 0 Å². The predicted molar refractivity (Wildman–Crippen MR) is 55.1 cm³/mol. The SMILES string of the molecule is CC(C)(C)CC1OC2CCNCC2O1. The summed E-state index contributed by atoms with van der Waals surface area (Å²) in [5.41, 5.74) is 0.283. The monoisotopic (exact) mass is 199 g/mol. The molecule has 0 spiro atoms. The van der Waals surface area contributed by atoms with Crippen LogP contribution in [0.4, 0.5) is 0 Å². The van der Waals surface area contributed by atoms with Crippen LogP contribution in [0.5, 0.6) is 0 Å². The second-order valence-corrected chi connectivity index (χ2v) is 5.54. The summed E-state index contributed by atoms with van der Waals surface area (Å²) in [6.07, 6.45) is 2.72. The molecule has 0 amide bonds. The molecule has 3 unspecified atom stereocenters. The molecule has 2 rings (SSSR count). The number of hydrogen-bond acceptors (Lipinski definition) is 3. The van der Waals surface area contributed by atoms with Crippen molar-refractivity contribution >= 4 is 0 Å². The average molecular weight is 199 g/mol. The number of nitrogens with one attached hydrogen (secondary N) is 1. The van der Waals surface area contributed by atoms with E-state index < -0.39 is 0 Å². The first-order valence-corrected chi connectivity index (χ1v) is 5.56. The van der Waals surface area contributed by atoms with Crippen molar-refractivity contribution in [3.63, 3.8) is 0 Å². The largest absolute Gasteiger partial charge is 0.347 e. The van der Waals surface area contributed by atoms with Crippen molar-refractivity contribution in [3.05, 3.63) is 0 Å². The summed E-state index contributed by atoms with van der Waals surface area (Å²) in [5, 5.41) is 3.33. The predicted octanol–water partition coefficient (Wildman–Crippen LogP) is 1.53. The van der Waals surface area contributed by atoms with Crippen molar-refractivity contribution in [2.75, 3.05) is 13.1 Å². The minimum Gasteiger partial charge on any atom is -0.347 e. The zero-order chi connectivity index (χ0) is 10.2. The van der Waals surface area contributed by atoms with E-state index in [9.17, 15) is 0 Å². The first kappa shape index (κ1) is 10.4. The molecule has 0 aromatic heterocycles. The Morgan fingerprint density at radius 1 is 1.21 bits per heavy atom. The molecule has 0 radical (unpaired) electrons.